The molecule has 0 saturated carbocycles. The lowest BCUT2D eigenvalue weighted by Gasteiger charge is -2.37. The van der Waals surface area contributed by atoms with Crippen molar-refractivity contribution in [3.63, 3.8) is 0 Å². The summed E-state index contributed by atoms with van der Waals surface area (Å²) in [7, 11) is 2.18. The van der Waals surface area contributed by atoms with E-state index >= 15 is 0 Å². The van der Waals surface area contributed by atoms with Crippen molar-refractivity contribution in [1.82, 2.24) is 0 Å². The van der Waals surface area contributed by atoms with E-state index in [0.717, 1.165) is 24.4 Å². The highest BCUT2D eigenvalue weighted by Gasteiger charge is 2.31. The summed E-state index contributed by atoms with van der Waals surface area (Å²) >= 11 is 0. The molecule has 0 radical (unpaired) electrons. The van der Waals surface area contributed by atoms with Gasteiger partial charge in [0.15, 0.2) is 5.75 Å². The molecule has 1 atom stereocenters. The van der Waals surface area contributed by atoms with Gasteiger partial charge in [0.2, 0.25) is 0 Å². The predicted molar refractivity (Wildman–Crippen MR) is 97.7 cm³/mol. The highest BCUT2D eigenvalue weighted by molar-refractivity contribution is 5.71. The molecule has 0 fully saturated rings. The molecule has 0 N–H and O–H groups in total. The Balaban J connectivity index is 1.99. The lowest BCUT2D eigenvalue weighted by Crippen LogP contribution is -2.30. The standard InChI is InChI=1S/C21H29NO/c1-14(2)12-16-8-7-11-19-20(16)22(5)18-10-6-9-17(13-15(3)4)21(18)23-19/h6-8,10-11,14-15,17H,9,12-13H2,1-5H3. The highest BCUT2D eigenvalue weighted by atomic mass is 16.5. The number of benzene rings is 1. The first-order valence-electron chi connectivity index (χ1n) is 8.91. The molecular weight excluding hydrogens is 282 g/mol. The van der Waals surface area contributed by atoms with E-state index in [1.54, 1.807) is 0 Å². The molecule has 3 rings (SSSR count). The summed E-state index contributed by atoms with van der Waals surface area (Å²) in [6.45, 7) is 9.12. The van der Waals surface area contributed by atoms with Crippen LogP contribution in [0.2, 0.25) is 0 Å². The van der Waals surface area contributed by atoms with Crippen molar-refractivity contribution in [2.24, 2.45) is 17.8 Å². The molecule has 1 aromatic rings. The summed E-state index contributed by atoms with van der Waals surface area (Å²) in [6.07, 6.45) is 7.89. The van der Waals surface area contributed by atoms with Gasteiger partial charge in [-0.1, -0.05) is 45.9 Å². The average Bonchev–Trinajstić information content (AvgIpc) is 2.47. The molecule has 0 aromatic heterocycles. The van der Waals surface area contributed by atoms with Crippen LogP contribution in [0.5, 0.6) is 5.75 Å². The zero-order chi connectivity index (χ0) is 16.6. The van der Waals surface area contributed by atoms with Crippen LogP contribution in [0.1, 0.15) is 46.1 Å². The van der Waals surface area contributed by atoms with Crippen LogP contribution >= 0.6 is 0 Å². The molecule has 0 spiro atoms. The number of hydrogen-bond acceptors (Lipinski definition) is 2. The summed E-state index contributed by atoms with van der Waals surface area (Å²) in [4.78, 5) is 2.34. The normalized spacial score (nSPS) is 20.0. The molecule has 1 aliphatic heterocycles. The first-order chi connectivity index (χ1) is 11.0. The van der Waals surface area contributed by atoms with Gasteiger partial charge in [0.05, 0.1) is 11.4 Å². The molecule has 124 valence electrons. The number of anilines is 1. The zero-order valence-corrected chi connectivity index (χ0v) is 15.1. The number of ether oxygens (including phenoxy) is 1. The van der Waals surface area contributed by atoms with Crippen molar-refractivity contribution in [3.8, 4) is 5.75 Å². The first-order valence-corrected chi connectivity index (χ1v) is 8.91. The number of hydrogen-bond donors (Lipinski definition) is 0. The monoisotopic (exact) mass is 311 g/mol. The second-order valence-electron chi connectivity index (χ2n) is 7.74. The fraction of sp³-hybridized carbons (Fsp3) is 0.524. The number of nitrogens with zero attached hydrogens (tertiary/aromatic N) is 1. The Hall–Kier alpha value is -1.70. The van der Waals surface area contributed by atoms with Crippen LogP contribution in [0, 0.1) is 17.8 Å². The minimum atomic E-state index is 0.499. The van der Waals surface area contributed by atoms with Gasteiger partial charge in [0, 0.05) is 13.0 Å². The van der Waals surface area contributed by atoms with Crippen molar-refractivity contribution in [1.29, 1.82) is 0 Å². The summed E-state index contributed by atoms with van der Waals surface area (Å²) in [6, 6.07) is 6.48. The summed E-state index contributed by atoms with van der Waals surface area (Å²) in [5.41, 5.74) is 3.87. The Bertz CT molecular complexity index is 639. The fourth-order valence-electron chi connectivity index (χ4n) is 3.80. The van der Waals surface area contributed by atoms with E-state index in [9.17, 15) is 0 Å². The SMILES string of the molecule is CC(C)Cc1cccc2c1N(C)C1=C(O2)C(CC(C)C)CC=C1. The van der Waals surface area contributed by atoms with Crippen LogP contribution in [-0.4, -0.2) is 7.05 Å². The van der Waals surface area contributed by atoms with Crippen molar-refractivity contribution >= 4 is 5.69 Å². The maximum absolute atomic E-state index is 6.43. The third kappa shape index (κ3) is 3.17. The van der Waals surface area contributed by atoms with Gasteiger partial charge < -0.3 is 9.64 Å². The maximum atomic E-state index is 6.43. The molecule has 2 heteroatoms. The van der Waals surface area contributed by atoms with Gasteiger partial charge in [0.25, 0.3) is 0 Å². The van der Waals surface area contributed by atoms with Gasteiger partial charge >= 0.3 is 0 Å². The smallest absolute Gasteiger partial charge is 0.150 e. The summed E-state index contributed by atoms with van der Waals surface area (Å²) in [5, 5.41) is 0. The Kier molecular flexibility index (Phi) is 4.52. The molecule has 1 aliphatic carbocycles. The second kappa shape index (κ2) is 6.43. The zero-order valence-electron chi connectivity index (χ0n) is 15.1. The van der Waals surface area contributed by atoms with E-state index < -0.39 is 0 Å². The Morgan fingerprint density at radius 3 is 2.65 bits per heavy atom. The van der Waals surface area contributed by atoms with Crippen LogP contribution in [0.15, 0.2) is 41.8 Å². The van der Waals surface area contributed by atoms with E-state index in [4.69, 9.17) is 4.74 Å². The quantitative estimate of drug-likeness (QED) is 0.723. The third-order valence-electron chi connectivity index (χ3n) is 4.70. The number of fused-ring (bicyclic) bond motifs is 1. The van der Waals surface area contributed by atoms with Gasteiger partial charge in [0.1, 0.15) is 5.76 Å². The Labute approximate surface area is 140 Å². The van der Waals surface area contributed by atoms with E-state index in [0.29, 0.717) is 17.8 Å². The first kappa shape index (κ1) is 16.2. The maximum Gasteiger partial charge on any atom is 0.150 e. The van der Waals surface area contributed by atoms with Gasteiger partial charge in [-0.2, -0.15) is 0 Å². The molecule has 2 aliphatic rings. The third-order valence-corrected chi connectivity index (χ3v) is 4.70. The van der Waals surface area contributed by atoms with Crippen LogP contribution in [0.3, 0.4) is 0 Å². The molecule has 0 bridgehead atoms. The minimum Gasteiger partial charge on any atom is -0.457 e. The largest absolute Gasteiger partial charge is 0.457 e. The average molecular weight is 311 g/mol. The van der Waals surface area contributed by atoms with Gasteiger partial charge in [-0.15, -0.1) is 0 Å². The fourth-order valence-corrected chi connectivity index (χ4v) is 3.80. The number of likely N-dealkylation sites (N-methyl/N-ethyl adjacent to an activating group) is 1. The molecular formula is C21H29NO. The molecule has 1 aromatic carbocycles. The predicted octanol–water partition coefficient (Wildman–Crippen LogP) is 5.55. The molecule has 1 unspecified atom stereocenters. The second-order valence-corrected chi connectivity index (χ2v) is 7.74. The Morgan fingerprint density at radius 1 is 1.17 bits per heavy atom. The van der Waals surface area contributed by atoms with Crippen LogP contribution < -0.4 is 9.64 Å². The highest BCUT2D eigenvalue weighted by Crippen LogP contribution is 2.44. The van der Waals surface area contributed by atoms with Crippen molar-refractivity contribution in [2.45, 2.75) is 47.0 Å². The van der Waals surface area contributed by atoms with Crippen LogP contribution in [-0.2, 0) is 6.42 Å². The van der Waals surface area contributed by atoms with Crippen LogP contribution in [0.4, 0.5) is 5.69 Å². The van der Waals surface area contributed by atoms with E-state index in [1.165, 1.54) is 23.4 Å². The van der Waals surface area contributed by atoms with Crippen molar-refractivity contribution in [3.05, 3.63) is 47.4 Å². The Morgan fingerprint density at radius 2 is 1.96 bits per heavy atom. The minimum absolute atomic E-state index is 0.499. The summed E-state index contributed by atoms with van der Waals surface area (Å²) in [5.74, 6) is 4.01. The van der Waals surface area contributed by atoms with E-state index in [1.807, 2.05) is 0 Å². The number of rotatable bonds is 4. The van der Waals surface area contributed by atoms with Gasteiger partial charge in [-0.25, -0.2) is 0 Å². The topological polar surface area (TPSA) is 12.5 Å². The molecule has 1 heterocycles. The van der Waals surface area contributed by atoms with E-state index in [2.05, 4.69) is 70.0 Å². The van der Waals surface area contributed by atoms with E-state index in [-0.39, 0.29) is 0 Å². The molecule has 23 heavy (non-hydrogen) atoms. The lowest BCUT2D eigenvalue weighted by molar-refractivity contribution is 0.300. The molecule has 0 amide bonds. The molecule has 0 saturated heterocycles. The van der Waals surface area contributed by atoms with Crippen molar-refractivity contribution in [2.75, 3.05) is 11.9 Å². The van der Waals surface area contributed by atoms with Gasteiger partial charge in [-0.3, -0.25) is 0 Å². The number of allylic oxidation sites excluding steroid dienone is 3. The van der Waals surface area contributed by atoms with Crippen LogP contribution in [0.25, 0.3) is 0 Å². The summed E-state index contributed by atoms with van der Waals surface area (Å²) < 4.78 is 6.43. The van der Waals surface area contributed by atoms with Gasteiger partial charge in [-0.05, 0) is 48.8 Å². The molecule has 2 nitrogen and oxygen atoms in total. The lowest BCUT2D eigenvalue weighted by atomic mass is 9.87. The van der Waals surface area contributed by atoms with Crippen molar-refractivity contribution < 1.29 is 4.74 Å². The number of para-hydroxylation sites is 1.